The molecule has 162 valence electrons. The molecule has 2 amide bonds. The number of hydrogen-bond acceptors (Lipinski definition) is 3. The fourth-order valence-electron chi connectivity index (χ4n) is 4.59. The van der Waals surface area contributed by atoms with Gasteiger partial charge in [0.15, 0.2) is 0 Å². The van der Waals surface area contributed by atoms with Crippen LogP contribution in [-0.4, -0.2) is 43.0 Å². The Kier molecular flexibility index (Phi) is 5.02. The first-order valence-electron chi connectivity index (χ1n) is 10.7. The quantitative estimate of drug-likeness (QED) is 0.535. The Hall–Kier alpha value is -3.51. The van der Waals surface area contributed by atoms with Gasteiger partial charge in [-0.3, -0.25) is 9.59 Å². The number of morpholine rings is 1. The molecule has 2 N–H and O–H groups in total. The van der Waals surface area contributed by atoms with Crippen LogP contribution in [0.15, 0.2) is 48.5 Å². The number of aryl methyl sites for hydroxylation is 1. The third kappa shape index (κ3) is 3.46. The van der Waals surface area contributed by atoms with E-state index in [1.807, 2.05) is 24.3 Å². The number of nitrogens with zero attached hydrogens (tertiary/aromatic N) is 1. The SMILES string of the molecule is Cc1cc(-c2cc(C(N)=O)c3c(c2)-c2ccc(C(=O)N4CCOCC4)cc2C3)ccc1F. The average molecular weight is 430 g/mol. The Bertz CT molecular complexity index is 1260. The van der Waals surface area contributed by atoms with Gasteiger partial charge in [-0.15, -0.1) is 0 Å². The molecule has 2 aliphatic rings. The van der Waals surface area contributed by atoms with Gasteiger partial charge in [0, 0.05) is 24.2 Å². The Morgan fingerprint density at radius 1 is 0.969 bits per heavy atom. The van der Waals surface area contributed by atoms with E-state index < -0.39 is 5.91 Å². The molecule has 0 aromatic heterocycles. The maximum atomic E-state index is 13.8. The van der Waals surface area contributed by atoms with Crippen LogP contribution >= 0.6 is 0 Å². The molecule has 1 fully saturated rings. The van der Waals surface area contributed by atoms with Crippen LogP contribution in [-0.2, 0) is 11.2 Å². The largest absolute Gasteiger partial charge is 0.378 e. The molecule has 0 radical (unpaired) electrons. The monoisotopic (exact) mass is 430 g/mol. The Morgan fingerprint density at radius 2 is 1.75 bits per heavy atom. The molecule has 0 bridgehead atoms. The first-order chi connectivity index (χ1) is 15.4. The summed E-state index contributed by atoms with van der Waals surface area (Å²) in [4.78, 5) is 27.0. The van der Waals surface area contributed by atoms with Crippen molar-refractivity contribution >= 4 is 11.8 Å². The summed E-state index contributed by atoms with van der Waals surface area (Å²) in [5.41, 5.74) is 12.8. The number of amides is 2. The summed E-state index contributed by atoms with van der Waals surface area (Å²) in [5.74, 6) is -0.781. The number of fused-ring (bicyclic) bond motifs is 3. The standard InChI is InChI=1S/C26H23FN2O3/c1-15-10-16(3-5-24(15)27)18-12-21-20-4-2-17(26(31)29-6-8-32-9-7-29)11-19(20)14-22(21)23(13-18)25(28)30/h2-5,10-13H,6-9,14H2,1H3,(H2,28,30). The molecule has 0 atom stereocenters. The summed E-state index contributed by atoms with van der Waals surface area (Å²) in [6.07, 6.45) is 0.538. The maximum Gasteiger partial charge on any atom is 0.254 e. The molecule has 6 heteroatoms. The van der Waals surface area contributed by atoms with Crippen LogP contribution in [0.4, 0.5) is 4.39 Å². The highest BCUT2D eigenvalue weighted by atomic mass is 19.1. The smallest absolute Gasteiger partial charge is 0.254 e. The van der Waals surface area contributed by atoms with E-state index in [2.05, 4.69) is 0 Å². The molecular formula is C26H23FN2O3. The average Bonchev–Trinajstić information content (AvgIpc) is 3.18. The molecular weight excluding hydrogens is 407 g/mol. The van der Waals surface area contributed by atoms with Gasteiger partial charge in [0.05, 0.1) is 13.2 Å². The summed E-state index contributed by atoms with van der Waals surface area (Å²) in [6, 6.07) is 14.4. The van der Waals surface area contributed by atoms with Crippen molar-refractivity contribution < 1.29 is 18.7 Å². The van der Waals surface area contributed by atoms with E-state index in [1.165, 1.54) is 6.07 Å². The van der Waals surface area contributed by atoms with Crippen LogP contribution < -0.4 is 5.73 Å². The third-order valence-corrected chi connectivity index (χ3v) is 6.31. The van der Waals surface area contributed by atoms with Gasteiger partial charge in [-0.05, 0) is 88.7 Å². The van der Waals surface area contributed by atoms with Crippen LogP contribution in [0.1, 0.15) is 37.4 Å². The van der Waals surface area contributed by atoms with E-state index in [-0.39, 0.29) is 11.7 Å². The Balaban J connectivity index is 1.57. The lowest BCUT2D eigenvalue weighted by Gasteiger charge is -2.27. The number of carbonyl (C=O) groups excluding carboxylic acids is 2. The van der Waals surface area contributed by atoms with Crippen LogP contribution in [0.25, 0.3) is 22.3 Å². The van der Waals surface area contributed by atoms with Gasteiger partial charge in [-0.2, -0.15) is 0 Å². The Morgan fingerprint density at radius 3 is 2.47 bits per heavy atom. The van der Waals surface area contributed by atoms with Crippen molar-refractivity contribution in [2.45, 2.75) is 13.3 Å². The first-order valence-corrected chi connectivity index (χ1v) is 10.7. The second-order valence-corrected chi connectivity index (χ2v) is 8.33. The minimum absolute atomic E-state index is 0.00958. The lowest BCUT2D eigenvalue weighted by molar-refractivity contribution is 0.0303. The number of nitrogens with two attached hydrogens (primary N) is 1. The minimum Gasteiger partial charge on any atom is -0.378 e. The van der Waals surface area contributed by atoms with Crippen LogP contribution in [0.2, 0.25) is 0 Å². The molecule has 0 saturated carbocycles. The summed E-state index contributed by atoms with van der Waals surface area (Å²) >= 11 is 0. The van der Waals surface area contributed by atoms with E-state index in [9.17, 15) is 14.0 Å². The van der Waals surface area contributed by atoms with E-state index in [4.69, 9.17) is 10.5 Å². The van der Waals surface area contributed by atoms with Crippen LogP contribution in [0, 0.1) is 12.7 Å². The molecule has 5 rings (SSSR count). The first kappa shape index (κ1) is 20.4. The molecule has 32 heavy (non-hydrogen) atoms. The molecule has 1 heterocycles. The predicted octanol–water partition coefficient (Wildman–Crippen LogP) is 3.94. The number of ether oxygens (including phenoxy) is 1. The van der Waals surface area contributed by atoms with E-state index >= 15 is 0 Å². The van der Waals surface area contributed by atoms with Crippen LogP contribution in [0.5, 0.6) is 0 Å². The highest BCUT2D eigenvalue weighted by Crippen LogP contribution is 2.41. The van der Waals surface area contributed by atoms with Crippen molar-refractivity contribution in [2.75, 3.05) is 26.3 Å². The molecule has 0 unspecified atom stereocenters. The topological polar surface area (TPSA) is 72.6 Å². The summed E-state index contributed by atoms with van der Waals surface area (Å²) in [6.45, 7) is 3.99. The second-order valence-electron chi connectivity index (χ2n) is 8.33. The molecule has 0 spiro atoms. The normalized spacial score (nSPS) is 14.8. The summed E-state index contributed by atoms with van der Waals surface area (Å²) in [5, 5.41) is 0. The van der Waals surface area contributed by atoms with Gasteiger partial charge < -0.3 is 15.4 Å². The zero-order valence-electron chi connectivity index (χ0n) is 17.8. The lowest BCUT2D eigenvalue weighted by atomic mass is 9.93. The number of rotatable bonds is 3. The van der Waals surface area contributed by atoms with Gasteiger partial charge in [-0.1, -0.05) is 12.1 Å². The van der Waals surface area contributed by atoms with E-state index in [0.29, 0.717) is 49.4 Å². The highest BCUT2D eigenvalue weighted by Gasteiger charge is 2.27. The van der Waals surface area contributed by atoms with Gasteiger partial charge in [0.2, 0.25) is 5.91 Å². The molecule has 3 aromatic rings. The highest BCUT2D eigenvalue weighted by molar-refractivity contribution is 6.01. The van der Waals surface area contributed by atoms with E-state index in [1.54, 1.807) is 30.0 Å². The number of benzene rings is 3. The van der Waals surface area contributed by atoms with Gasteiger partial charge in [-0.25, -0.2) is 4.39 Å². The van der Waals surface area contributed by atoms with Gasteiger partial charge in [0.1, 0.15) is 5.82 Å². The van der Waals surface area contributed by atoms with Gasteiger partial charge >= 0.3 is 0 Å². The molecule has 1 aliphatic heterocycles. The fraction of sp³-hybridized carbons (Fsp3) is 0.231. The lowest BCUT2D eigenvalue weighted by Crippen LogP contribution is -2.40. The molecule has 3 aromatic carbocycles. The van der Waals surface area contributed by atoms with Crippen molar-refractivity contribution in [2.24, 2.45) is 5.73 Å². The minimum atomic E-state index is -0.501. The van der Waals surface area contributed by atoms with Crippen molar-refractivity contribution in [3.05, 3.63) is 82.2 Å². The molecule has 1 saturated heterocycles. The second kappa shape index (κ2) is 7.88. The van der Waals surface area contributed by atoms with Crippen molar-refractivity contribution in [1.29, 1.82) is 0 Å². The zero-order chi connectivity index (χ0) is 22.4. The maximum absolute atomic E-state index is 13.8. The van der Waals surface area contributed by atoms with Crippen molar-refractivity contribution in [3.63, 3.8) is 0 Å². The number of hydrogen-bond donors (Lipinski definition) is 1. The third-order valence-electron chi connectivity index (χ3n) is 6.31. The molecule has 5 nitrogen and oxygen atoms in total. The van der Waals surface area contributed by atoms with E-state index in [0.717, 1.165) is 33.4 Å². The predicted molar refractivity (Wildman–Crippen MR) is 120 cm³/mol. The van der Waals surface area contributed by atoms with Crippen molar-refractivity contribution in [3.8, 4) is 22.3 Å². The van der Waals surface area contributed by atoms with Crippen molar-refractivity contribution in [1.82, 2.24) is 4.90 Å². The molecule has 1 aliphatic carbocycles. The summed E-state index contributed by atoms with van der Waals surface area (Å²) < 4.78 is 19.1. The zero-order valence-corrected chi connectivity index (χ0v) is 17.8. The number of halogens is 1. The Labute approximate surface area is 185 Å². The number of primary amides is 1. The number of carbonyl (C=O) groups is 2. The van der Waals surface area contributed by atoms with Crippen LogP contribution in [0.3, 0.4) is 0 Å². The fourth-order valence-corrected chi connectivity index (χ4v) is 4.59. The van der Waals surface area contributed by atoms with Gasteiger partial charge in [0.25, 0.3) is 5.91 Å². The summed E-state index contributed by atoms with van der Waals surface area (Å²) in [7, 11) is 0.